The average Bonchev–Trinajstić information content (AvgIpc) is 1.68. The molecule has 0 spiro atoms. The van der Waals surface area contributed by atoms with Crippen molar-refractivity contribution >= 4 is 57.9 Å². The molecule has 494 valence electrons. The van der Waals surface area contributed by atoms with Gasteiger partial charge in [0.1, 0.15) is 30.5 Å². The number of fused-ring (bicyclic) bond motifs is 10. The van der Waals surface area contributed by atoms with E-state index < -0.39 is 41.7 Å². The number of carboxylic acids is 1. The van der Waals surface area contributed by atoms with E-state index in [9.17, 15) is 43.5 Å². The zero-order valence-electron chi connectivity index (χ0n) is 53.1. The summed E-state index contributed by atoms with van der Waals surface area (Å²) in [6.45, 7) is 10.2. The molecule has 7 aromatic rings. The minimum absolute atomic E-state index is 0.0171. The van der Waals surface area contributed by atoms with E-state index in [4.69, 9.17) is 43.5 Å². The van der Waals surface area contributed by atoms with Crippen molar-refractivity contribution < 1.29 is 67.4 Å². The number of benzene rings is 3. The van der Waals surface area contributed by atoms with Gasteiger partial charge in [-0.05, 0) is 175 Å². The molecule has 2 N–H and O–H groups in total. The van der Waals surface area contributed by atoms with Crippen LogP contribution in [0.3, 0.4) is 0 Å². The minimum atomic E-state index is -1.91. The number of aromatic carboxylic acids is 1. The SMILES string of the molecule is CCC1(O)C(=O)OCc2c1cc1n(c2=O)Cc2cc3cc(OC(=O)N4CCC(N5CCCCC5)CC4)ccc3nc2-1.CCC1(OC(=O)COc2ccc(C(=O)O)cc2)C(=O)OCc2c1cc1n(c2=O)Cc2cc3cc(OC(=O)N4CCC(N5CCCCC5)CC4)ccc3nc2-1. The van der Waals surface area contributed by atoms with Gasteiger partial charge < -0.3 is 67.4 Å². The maximum absolute atomic E-state index is 14.0. The lowest BCUT2D eigenvalue weighted by molar-refractivity contribution is -0.190. The first-order chi connectivity index (χ1) is 46.0. The predicted molar refractivity (Wildman–Crippen MR) is 344 cm³/mol. The summed E-state index contributed by atoms with van der Waals surface area (Å²) in [7, 11) is 0. The molecule has 8 aliphatic rings. The normalized spacial score (nSPS) is 21.0. The zero-order chi connectivity index (χ0) is 65.9. The summed E-state index contributed by atoms with van der Waals surface area (Å²) in [5.41, 5.74) is 1.76. The number of amides is 2. The Labute approximate surface area is 545 Å². The summed E-state index contributed by atoms with van der Waals surface area (Å²) < 4.78 is 36.6. The molecule has 24 nitrogen and oxygen atoms in total. The van der Waals surface area contributed by atoms with Crippen LogP contribution in [0.2, 0.25) is 0 Å². The Balaban J connectivity index is 0.000000170. The highest BCUT2D eigenvalue weighted by Gasteiger charge is 2.51. The van der Waals surface area contributed by atoms with Crippen LogP contribution in [0, 0.1) is 0 Å². The third-order valence-corrected chi connectivity index (χ3v) is 20.3. The Hall–Kier alpha value is -9.52. The maximum Gasteiger partial charge on any atom is 0.415 e. The zero-order valence-corrected chi connectivity index (χ0v) is 53.1. The third kappa shape index (κ3) is 11.8. The molecule has 12 heterocycles. The fourth-order valence-electron chi connectivity index (χ4n) is 15.0. The fraction of sp³-hybridized carbons (Fsp3) is 0.437. The van der Waals surface area contributed by atoms with Crippen molar-refractivity contribution in [3.63, 3.8) is 0 Å². The molecule has 0 saturated carbocycles. The van der Waals surface area contributed by atoms with Crippen LogP contribution < -0.4 is 25.3 Å². The molecule has 2 atom stereocenters. The predicted octanol–water partition coefficient (Wildman–Crippen LogP) is 8.39. The Morgan fingerprint density at radius 3 is 1.49 bits per heavy atom. The fourth-order valence-corrected chi connectivity index (χ4v) is 15.0. The lowest BCUT2D eigenvalue weighted by atomic mass is 9.85. The highest BCUT2D eigenvalue weighted by atomic mass is 16.6. The van der Waals surface area contributed by atoms with E-state index in [1.54, 1.807) is 81.3 Å². The number of aliphatic hydroxyl groups is 1. The van der Waals surface area contributed by atoms with Crippen LogP contribution in [0.5, 0.6) is 17.2 Å². The molecule has 24 heteroatoms. The summed E-state index contributed by atoms with van der Waals surface area (Å²) in [5.74, 6) is -2.44. The van der Waals surface area contributed by atoms with Crippen molar-refractivity contribution in [2.45, 2.75) is 140 Å². The minimum Gasteiger partial charge on any atom is -0.482 e. The Kier molecular flexibility index (Phi) is 17.0. The van der Waals surface area contributed by atoms with Gasteiger partial charge in [-0.15, -0.1) is 0 Å². The van der Waals surface area contributed by atoms with Crippen molar-refractivity contribution in [3.05, 3.63) is 145 Å². The third-order valence-electron chi connectivity index (χ3n) is 20.3. The lowest BCUT2D eigenvalue weighted by Gasteiger charge is -2.39. The van der Waals surface area contributed by atoms with Gasteiger partial charge in [0.05, 0.1) is 63.6 Å². The molecule has 95 heavy (non-hydrogen) atoms. The lowest BCUT2D eigenvalue weighted by Crippen LogP contribution is -2.48. The van der Waals surface area contributed by atoms with Gasteiger partial charge in [-0.1, -0.05) is 26.7 Å². The van der Waals surface area contributed by atoms with Gasteiger partial charge in [0, 0.05) is 71.3 Å². The first kappa shape index (κ1) is 62.9. The number of likely N-dealkylation sites (tertiary alicyclic amines) is 4. The maximum atomic E-state index is 14.0. The van der Waals surface area contributed by atoms with E-state index in [0.717, 1.165) is 60.7 Å². The quantitative estimate of drug-likeness (QED) is 0.0908. The first-order valence-electron chi connectivity index (χ1n) is 33.1. The first-order valence-corrected chi connectivity index (χ1v) is 33.1. The number of aromatic nitrogens is 4. The van der Waals surface area contributed by atoms with E-state index >= 15 is 0 Å². The van der Waals surface area contributed by atoms with Gasteiger partial charge in [0.25, 0.3) is 11.1 Å². The van der Waals surface area contributed by atoms with Crippen molar-refractivity contribution in [2.24, 2.45) is 0 Å². The number of rotatable bonds is 11. The Morgan fingerprint density at radius 1 is 0.558 bits per heavy atom. The van der Waals surface area contributed by atoms with Crippen LogP contribution in [0.15, 0.2) is 94.5 Å². The van der Waals surface area contributed by atoms with Gasteiger partial charge in [0.2, 0.25) is 5.60 Å². The summed E-state index contributed by atoms with van der Waals surface area (Å²) >= 11 is 0. The molecule has 0 radical (unpaired) electrons. The number of nitrogens with zero attached hydrogens (tertiary/aromatic N) is 8. The molecule has 4 aromatic heterocycles. The van der Waals surface area contributed by atoms with Gasteiger partial charge in [0.15, 0.2) is 12.2 Å². The molecular weight excluding hydrogens is 1220 g/mol. The van der Waals surface area contributed by atoms with E-state index in [2.05, 4.69) is 9.80 Å². The van der Waals surface area contributed by atoms with Crippen LogP contribution in [0.25, 0.3) is 44.6 Å². The van der Waals surface area contributed by atoms with Crippen LogP contribution in [0.4, 0.5) is 9.59 Å². The number of esters is 3. The number of piperidine rings is 4. The Bertz CT molecular complexity index is 4390. The van der Waals surface area contributed by atoms with Crippen LogP contribution in [-0.2, 0) is 66.1 Å². The summed E-state index contributed by atoms with van der Waals surface area (Å²) in [6.07, 6.45) is 10.8. The summed E-state index contributed by atoms with van der Waals surface area (Å²) in [4.78, 5) is 122. The number of ether oxygens (including phenoxy) is 6. The van der Waals surface area contributed by atoms with Crippen LogP contribution in [0.1, 0.15) is 135 Å². The molecule has 8 aliphatic heterocycles. The molecule has 3 aromatic carbocycles. The van der Waals surface area contributed by atoms with E-state index in [0.29, 0.717) is 101 Å². The average molecular weight is 1300 g/mol. The number of carbonyl (C=O) groups is 6. The van der Waals surface area contributed by atoms with Crippen LogP contribution in [-0.4, -0.2) is 156 Å². The molecule has 15 rings (SSSR count). The highest BCUT2D eigenvalue weighted by Crippen LogP contribution is 2.43. The second-order valence-corrected chi connectivity index (χ2v) is 25.8. The molecule has 0 aliphatic carbocycles. The van der Waals surface area contributed by atoms with Gasteiger partial charge in [-0.25, -0.2) is 38.7 Å². The number of carboxylic acid groups (broad SMARTS) is 1. The van der Waals surface area contributed by atoms with E-state index in [-0.39, 0.29) is 78.3 Å². The van der Waals surface area contributed by atoms with Crippen LogP contribution >= 0.6 is 0 Å². The molecule has 4 saturated heterocycles. The number of hydrogen-bond acceptors (Lipinski definition) is 19. The monoisotopic (exact) mass is 1290 g/mol. The molecule has 4 fully saturated rings. The van der Waals surface area contributed by atoms with Gasteiger partial charge >= 0.3 is 36.1 Å². The topological polar surface area (TPSA) is 281 Å². The van der Waals surface area contributed by atoms with Crippen molar-refractivity contribution in [2.75, 3.05) is 59.0 Å². The highest BCUT2D eigenvalue weighted by molar-refractivity contribution is 5.91. The van der Waals surface area contributed by atoms with Gasteiger partial charge in [-0.3, -0.25) is 9.59 Å². The number of hydrogen-bond donors (Lipinski definition) is 2. The summed E-state index contributed by atoms with van der Waals surface area (Å²) in [6, 6.07) is 24.4. The number of pyridine rings is 4. The smallest absolute Gasteiger partial charge is 0.415 e. The molecule has 0 bridgehead atoms. The van der Waals surface area contributed by atoms with Crippen molar-refractivity contribution in [1.29, 1.82) is 0 Å². The second-order valence-electron chi connectivity index (χ2n) is 25.8. The van der Waals surface area contributed by atoms with Gasteiger partial charge in [-0.2, -0.15) is 0 Å². The largest absolute Gasteiger partial charge is 0.482 e. The summed E-state index contributed by atoms with van der Waals surface area (Å²) in [5, 5.41) is 21.7. The van der Waals surface area contributed by atoms with E-state index in [1.807, 2.05) is 12.1 Å². The van der Waals surface area contributed by atoms with Crippen molar-refractivity contribution in [3.8, 4) is 40.0 Å². The molecule has 2 amide bonds. The standard InChI is InChI=1S/C40H40N4O10.C31H34N4O6/c1-2-40(54-34(45)23-51-28-8-6-24(7-9-28)37(47)48)31-20-33-35-26(21-44(33)36(46)30(31)22-52-38(40)49)18-25-19-29(10-11-32(25)41-35)53-39(50)43-16-12-27(13-17-43)42-14-4-3-5-15-42;1-2-31(39)24-16-26-27-20(17-35(26)28(36)23(24)18-40-29(31)37)14-19-15-22(6-7-25(19)32-27)41-30(38)34-12-8-21(9-13-34)33-10-4-3-5-11-33/h6-11,18-20,27H,2-5,12-17,21-23H2,1H3,(H,47,48);6-7,14-16,21,39H,2-5,8-13,17-18H2,1H3. The number of carbonyl (C=O) groups excluding carboxylic acids is 5. The Morgan fingerprint density at radius 2 is 1.02 bits per heavy atom. The molecule has 2 unspecified atom stereocenters. The number of cyclic esters (lactones) is 2. The molecular formula is C71H74N8O16. The van der Waals surface area contributed by atoms with Crippen molar-refractivity contribution in [1.82, 2.24) is 38.7 Å². The second kappa shape index (κ2) is 25.7. The van der Waals surface area contributed by atoms with E-state index in [1.165, 1.54) is 75.9 Å².